The van der Waals surface area contributed by atoms with E-state index in [1.54, 1.807) is 28.7 Å². The maximum atomic E-state index is 13.2. The van der Waals surface area contributed by atoms with Gasteiger partial charge in [0.1, 0.15) is 0 Å². The predicted molar refractivity (Wildman–Crippen MR) is 132 cm³/mol. The summed E-state index contributed by atoms with van der Waals surface area (Å²) in [5, 5.41) is 6.80. The molecule has 2 heterocycles. The van der Waals surface area contributed by atoms with Crippen LogP contribution >= 0.6 is 11.3 Å². The molecular formula is C24H28N4O2S2. The van der Waals surface area contributed by atoms with E-state index in [0.29, 0.717) is 35.0 Å². The minimum absolute atomic E-state index is 0.316. The summed E-state index contributed by atoms with van der Waals surface area (Å²) in [6, 6.07) is 15.1. The van der Waals surface area contributed by atoms with Crippen molar-refractivity contribution in [3.8, 4) is 11.3 Å². The highest BCUT2D eigenvalue weighted by molar-refractivity contribution is 7.89. The van der Waals surface area contributed by atoms with Crippen molar-refractivity contribution in [3.05, 3.63) is 65.0 Å². The largest absolute Gasteiger partial charge is 0.253 e. The van der Waals surface area contributed by atoms with Gasteiger partial charge in [-0.2, -0.15) is 9.41 Å². The van der Waals surface area contributed by atoms with Crippen molar-refractivity contribution in [1.82, 2.24) is 9.29 Å². The molecule has 0 aliphatic carbocycles. The van der Waals surface area contributed by atoms with Gasteiger partial charge in [-0.3, -0.25) is 5.43 Å². The van der Waals surface area contributed by atoms with E-state index in [-0.39, 0.29) is 0 Å². The number of aryl methyl sites for hydroxylation is 1. The van der Waals surface area contributed by atoms with Crippen LogP contribution in [-0.4, -0.2) is 37.0 Å². The Morgan fingerprint density at radius 2 is 1.84 bits per heavy atom. The van der Waals surface area contributed by atoms with Crippen LogP contribution in [0.15, 0.2) is 63.9 Å². The topological polar surface area (TPSA) is 74.7 Å². The van der Waals surface area contributed by atoms with Gasteiger partial charge >= 0.3 is 0 Å². The number of hydrogen-bond donors (Lipinski definition) is 1. The summed E-state index contributed by atoms with van der Waals surface area (Å²) in [5.74, 6) is 0.730. The molecule has 0 radical (unpaired) electrons. The zero-order valence-corrected chi connectivity index (χ0v) is 20.2. The summed E-state index contributed by atoms with van der Waals surface area (Å²) in [6.45, 7) is 7.41. The van der Waals surface area contributed by atoms with Crippen LogP contribution in [0.1, 0.15) is 31.4 Å². The first-order chi connectivity index (χ1) is 15.3. The molecule has 0 saturated carbocycles. The second kappa shape index (κ2) is 9.52. The Labute approximate surface area is 194 Å². The molecule has 1 aromatic heterocycles. The normalized spacial score (nSPS) is 20.0. The van der Waals surface area contributed by atoms with Crippen LogP contribution < -0.4 is 5.43 Å². The summed E-state index contributed by atoms with van der Waals surface area (Å²) >= 11 is 1.43. The standard InChI is InChI=1S/C24H28N4O2S2/c1-17-7-9-20(10-8-17)13-25-27-24-26-23(16-31-24)21-5-4-6-22(12-21)32(29,30)28-14-18(2)11-19(3)15-28/h4-10,12-13,16,18-19H,11,14-15H2,1-3H3,(H,26,27). The van der Waals surface area contributed by atoms with Crippen LogP contribution in [-0.2, 0) is 10.0 Å². The Balaban J connectivity index is 1.49. The van der Waals surface area contributed by atoms with Crippen molar-refractivity contribution >= 4 is 32.7 Å². The number of nitrogens with zero attached hydrogens (tertiary/aromatic N) is 3. The fraction of sp³-hybridized carbons (Fsp3) is 0.333. The molecule has 2 unspecified atom stereocenters. The predicted octanol–water partition coefficient (Wildman–Crippen LogP) is 5.23. The molecule has 3 aromatic rings. The number of hydrogen-bond acceptors (Lipinski definition) is 6. The number of anilines is 1. The Morgan fingerprint density at radius 1 is 1.12 bits per heavy atom. The third-order valence-electron chi connectivity index (χ3n) is 5.56. The lowest BCUT2D eigenvalue weighted by Crippen LogP contribution is -2.42. The van der Waals surface area contributed by atoms with Gasteiger partial charge in [-0.25, -0.2) is 13.4 Å². The van der Waals surface area contributed by atoms with Crippen LogP contribution in [0.2, 0.25) is 0 Å². The molecule has 1 aliphatic heterocycles. The highest BCUT2D eigenvalue weighted by atomic mass is 32.2. The molecule has 1 aliphatic rings. The second-order valence-corrected chi connectivity index (χ2v) is 11.4. The van der Waals surface area contributed by atoms with Gasteiger partial charge in [0.15, 0.2) is 0 Å². The smallest absolute Gasteiger partial charge is 0.243 e. The number of sulfonamides is 1. The summed E-state index contributed by atoms with van der Waals surface area (Å²) in [7, 11) is -3.53. The van der Waals surface area contributed by atoms with Gasteiger partial charge in [-0.05, 0) is 42.9 Å². The highest BCUT2D eigenvalue weighted by Crippen LogP contribution is 2.30. The molecule has 8 heteroatoms. The summed E-state index contributed by atoms with van der Waals surface area (Å²) in [4.78, 5) is 4.89. The molecule has 32 heavy (non-hydrogen) atoms. The number of piperidine rings is 1. The molecule has 168 valence electrons. The van der Waals surface area contributed by atoms with E-state index in [0.717, 1.165) is 23.2 Å². The molecule has 4 rings (SSSR count). The van der Waals surface area contributed by atoms with Gasteiger partial charge in [-0.15, -0.1) is 11.3 Å². The average Bonchev–Trinajstić information content (AvgIpc) is 3.23. The Morgan fingerprint density at radius 3 is 2.56 bits per heavy atom. The molecule has 6 nitrogen and oxygen atoms in total. The van der Waals surface area contributed by atoms with Crippen LogP contribution in [0.25, 0.3) is 11.3 Å². The van der Waals surface area contributed by atoms with Crippen LogP contribution in [0.5, 0.6) is 0 Å². The van der Waals surface area contributed by atoms with Crippen molar-refractivity contribution in [2.45, 2.75) is 32.1 Å². The Kier molecular flexibility index (Phi) is 6.74. The molecule has 2 aromatic carbocycles. The van der Waals surface area contributed by atoms with E-state index >= 15 is 0 Å². The summed E-state index contributed by atoms with van der Waals surface area (Å²) in [6.07, 6.45) is 2.81. The molecule has 0 bridgehead atoms. The van der Waals surface area contributed by atoms with Crippen LogP contribution in [0.4, 0.5) is 5.13 Å². The molecule has 1 fully saturated rings. The van der Waals surface area contributed by atoms with Crippen molar-refractivity contribution < 1.29 is 8.42 Å². The van der Waals surface area contributed by atoms with Crippen molar-refractivity contribution in [2.24, 2.45) is 16.9 Å². The molecular weight excluding hydrogens is 440 g/mol. The lowest BCUT2D eigenvalue weighted by atomic mass is 9.94. The lowest BCUT2D eigenvalue weighted by molar-refractivity contribution is 0.222. The SMILES string of the molecule is Cc1ccc(C=NNc2nc(-c3cccc(S(=O)(=O)N4CC(C)CC(C)C4)c3)cs2)cc1. The van der Waals surface area contributed by atoms with Crippen molar-refractivity contribution in [3.63, 3.8) is 0 Å². The van der Waals surface area contributed by atoms with E-state index in [1.165, 1.54) is 16.9 Å². The second-order valence-electron chi connectivity index (χ2n) is 8.61. The van der Waals surface area contributed by atoms with Crippen LogP contribution in [0, 0.1) is 18.8 Å². The monoisotopic (exact) mass is 468 g/mol. The van der Waals surface area contributed by atoms with Gasteiger partial charge in [-0.1, -0.05) is 55.8 Å². The van der Waals surface area contributed by atoms with Gasteiger partial charge in [0.2, 0.25) is 15.2 Å². The van der Waals surface area contributed by atoms with Gasteiger partial charge in [0.25, 0.3) is 0 Å². The molecule has 1 N–H and O–H groups in total. The fourth-order valence-electron chi connectivity index (χ4n) is 4.04. The van der Waals surface area contributed by atoms with Crippen molar-refractivity contribution in [1.29, 1.82) is 0 Å². The minimum atomic E-state index is -3.53. The fourth-order valence-corrected chi connectivity index (χ4v) is 6.43. The first-order valence-electron chi connectivity index (χ1n) is 10.7. The maximum absolute atomic E-state index is 13.2. The average molecular weight is 469 g/mol. The molecule has 0 amide bonds. The zero-order chi connectivity index (χ0) is 22.7. The van der Waals surface area contributed by atoms with Gasteiger partial charge in [0.05, 0.1) is 16.8 Å². The minimum Gasteiger partial charge on any atom is -0.253 e. The van der Waals surface area contributed by atoms with E-state index < -0.39 is 10.0 Å². The zero-order valence-electron chi connectivity index (χ0n) is 18.5. The summed E-state index contributed by atoms with van der Waals surface area (Å²) < 4.78 is 28.1. The summed E-state index contributed by atoms with van der Waals surface area (Å²) in [5.41, 5.74) is 6.65. The van der Waals surface area contributed by atoms with E-state index in [4.69, 9.17) is 0 Å². The first kappa shape index (κ1) is 22.6. The maximum Gasteiger partial charge on any atom is 0.243 e. The lowest BCUT2D eigenvalue weighted by Gasteiger charge is -2.34. The van der Waals surface area contributed by atoms with E-state index in [1.807, 2.05) is 42.6 Å². The van der Waals surface area contributed by atoms with E-state index in [2.05, 4.69) is 29.4 Å². The quantitative estimate of drug-likeness (QED) is 0.397. The van der Waals surface area contributed by atoms with E-state index in [9.17, 15) is 8.42 Å². The Bertz CT molecular complexity index is 1190. The van der Waals surface area contributed by atoms with Crippen LogP contribution in [0.3, 0.4) is 0 Å². The highest BCUT2D eigenvalue weighted by Gasteiger charge is 2.31. The third-order valence-corrected chi connectivity index (χ3v) is 8.13. The van der Waals surface area contributed by atoms with Crippen molar-refractivity contribution in [2.75, 3.05) is 18.5 Å². The number of rotatable bonds is 6. The van der Waals surface area contributed by atoms with Gasteiger partial charge < -0.3 is 0 Å². The molecule has 2 atom stereocenters. The molecule has 1 saturated heterocycles. The Hall–Kier alpha value is -2.55. The molecule has 0 spiro atoms. The number of aromatic nitrogens is 1. The van der Waals surface area contributed by atoms with Gasteiger partial charge in [0, 0.05) is 24.0 Å². The number of hydrazone groups is 1. The first-order valence-corrected chi connectivity index (χ1v) is 13.0. The number of thiazole rings is 1. The number of nitrogens with one attached hydrogen (secondary N) is 1. The number of benzene rings is 2. The third kappa shape index (κ3) is 5.26.